The number of aromatic nitrogens is 1. The van der Waals surface area contributed by atoms with Crippen molar-refractivity contribution in [3.63, 3.8) is 0 Å². The van der Waals surface area contributed by atoms with Gasteiger partial charge in [-0.2, -0.15) is 11.8 Å². The standard InChI is InChI=1S/C12H22N2S2/c1-9-14-11(7-15-9)6-10(13-5)8-16-12(2,3)4/h7,10,13H,6,8H2,1-5H3. The number of rotatable bonds is 5. The first kappa shape index (κ1) is 14.0. The third-order valence-corrected chi connectivity index (χ3v) is 4.51. The molecule has 1 rings (SSSR count). The number of aryl methyl sites for hydroxylation is 1. The van der Waals surface area contributed by atoms with Crippen LogP contribution < -0.4 is 5.32 Å². The van der Waals surface area contributed by atoms with Crippen LogP contribution in [0.15, 0.2) is 5.38 Å². The Labute approximate surface area is 107 Å². The highest BCUT2D eigenvalue weighted by Crippen LogP contribution is 2.24. The monoisotopic (exact) mass is 258 g/mol. The summed E-state index contributed by atoms with van der Waals surface area (Å²) in [6, 6.07) is 0.519. The molecule has 2 nitrogen and oxygen atoms in total. The summed E-state index contributed by atoms with van der Waals surface area (Å²) in [6.07, 6.45) is 1.03. The lowest BCUT2D eigenvalue weighted by Gasteiger charge is -2.22. The summed E-state index contributed by atoms with van der Waals surface area (Å²) >= 11 is 3.74. The molecule has 0 fully saturated rings. The number of hydrogen-bond acceptors (Lipinski definition) is 4. The van der Waals surface area contributed by atoms with Gasteiger partial charge in [0.2, 0.25) is 0 Å². The molecule has 0 bridgehead atoms. The van der Waals surface area contributed by atoms with E-state index < -0.39 is 0 Å². The zero-order chi connectivity index (χ0) is 12.2. The van der Waals surface area contributed by atoms with Gasteiger partial charge in [0, 0.05) is 28.3 Å². The van der Waals surface area contributed by atoms with Crippen LogP contribution in [0.1, 0.15) is 31.5 Å². The van der Waals surface area contributed by atoms with Gasteiger partial charge in [0.15, 0.2) is 0 Å². The van der Waals surface area contributed by atoms with Crippen molar-refractivity contribution in [1.29, 1.82) is 0 Å². The first-order chi connectivity index (χ1) is 7.40. The Morgan fingerprint density at radius 1 is 1.50 bits per heavy atom. The maximum absolute atomic E-state index is 4.51. The lowest BCUT2D eigenvalue weighted by molar-refractivity contribution is 0.607. The van der Waals surface area contributed by atoms with Crippen molar-refractivity contribution in [2.24, 2.45) is 0 Å². The fourth-order valence-electron chi connectivity index (χ4n) is 1.35. The summed E-state index contributed by atoms with van der Waals surface area (Å²) in [6.45, 7) is 8.85. The summed E-state index contributed by atoms with van der Waals surface area (Å²) in [5.41, 5.74) is 1.22. The summed E-state index contributed by atoms with van der Waals surface area (Å²) in [4.78, 5) is 4.51. The van der Waals surface area contributed by atoms with E-state index in [9.17, 15) is 0 Å². The largest absolute Gasteiger partial charge is 0.316 e. The highest BCUT2D eigenvalue weighted by molar-refractivity contribution is 8.00. The number of likely N-dealkylation sites (N-methyl/N-ethyl adjacent to an activating group) is 1. The smallest absolute Gasteiger partial charge is 0.0897 e. The Morgan fingerprint density at radius 2 is 2.19 bits per heavy atom. The second kappa shape index (κ2) is 6.03. The predicted molar refractivity (Wildman–Crippen MR) is 75.6 cm³/mol. The Bertz CT molecular complexity index is 315. The van der Waals surface area contributed by atoms with Crippen molar-refractivity contribution in [1.82, 2.24) is 10.3 Å². The minimum absolute atomic E-state index is 0.340. The van der Waals surface area contributed by atoms with Crippen LogP contribution in [0.4, 0.5) is 0 Å². The lowest BCUT2D eigenvalue weighted by atomic mass is 10.2. The lowest BCUT2D eigenvalue weighted by Crippen LogP contribution is -2.31. The molecule has 0 aliphatic rings. The third-order valence-electron chi connectivity index (χ3n) is 2.25. The molecular weight excluding hydrogens is 236 g/mol. The van der Waals surface area contributed by atoms with Gasteiger partial charge < -0.3 is 5.32 Å². The van der Waals surface area contributed by atoms with Crippen LogP contribution in [0.25, 0.3) is 0 Å². The van der Waals surface area contributed by atoms with Crippen molar-refractivity contribution >= 4 is 23.1 Å². The molecule has 4 heteroatoms. The van der Waals surface area contributed by atoms with Crippen molar-refractivity contribution in [2.75, 3.05) is 12.8 Å². The molecule has 0 aliphatic carbocycles. The SMILES string of the molecule is CNC(CSC(C)(C)C)Cc1csc(C)n1. The molecule has 0 saturated carbocycles. The van der Waals surface area contributed by atoms with Crippen LogP contribution in [-0.2, 0) is 6.42 Å². The van der Waals surface area contributed by atoms with E-state index in [-0.39, 0.29) is 0 Å². The highest BCUT2D eigenvalue weighted by Gasteiger charge is 2.15. The zero-order valence-corrected chi connectivity index (χ0v) is 12.5. The van der Waals surface area contributed by atoms with Gasteiger partial charge in [0.1, 0.15) is 0 Å². The fraction of sp³-hybridized carbons (Fsp3) is 0.750. The highest BCUT2D eigenvalue weighted by atomic mass is 32.2. The number of hydrogen-bond donors (Lipinski definition) is 1. The van der Waals surface area contributed by atoms with Crippen LogP contribution in [0.3, 0.4) is 0 Å². The average molecular weight is 258 g/mol. The van der Waals surface area contributed by atoms with Gasteiger partial charge in [0.25, 0.3) is 0 Å². The van der Waals surface area contributed by atoms with E-state index in [4.69, 9.17) is 0 Å². The zero-order valence-electron chi connectivity index (χ0n) is 10.8. The molecule has 16 heavy (non-hydrogen) atoms. The van der Waals surface area contributed by atoms with E-state index in [2.05, 4.69) is 43.4 Å². The van der Waals surface area contributed by atoms with E-state index >= 15 is 0 Å². The van der Waals surface area contributed by atoms with Gasteiger partial charge in [-0.05, 0) is 14.0 Å². The van der Waals surface area contributed by atoms with Crippen LogP contribution in [0, 0.1) is 6.92 Å². The molecule has 0 aliphatic heterocycles. The van der Waals surface area contributed by atoms with Gasteiger partial charge in [-0.15, -0.1) is 11.3 Å². The summed E-state index contributed by atoms with van der Waals surface area (Å²) in [5.74, 6) is 1.14. The molecule has 1 atom stereocenters. The number of nitrogens with zero attached hydrogens (tertiary/aromatic N) is 1. The first-order valence-electron chi connectivity index (χ1n) is 5.63. The number of thioether (sulfide) groups is 1. The van der Waals surface area contributed by atoms with Crippen LogP contribution in [0.5, 0.6) is 0 Å². The summed E-state index contributed by atoms with van der Waals surface area (Å²) < 4.78 is 0.340. The Hall–Kier alpha value is -0.0600. The quantitative estimate of drug-likeness (QED) is 0.878. The van der Waals surface area contributed by atoms with Gasteiger partial charge in [-0.1, -0.05) is 20.8 Å². The predicted octanol–water partition coefficient (Wildman–Crippen LogP) is 3.11. The Morgan fingerprint density at radius 3 is 2.62 bits per heavy atom. The van der Waals surface area contributed by atoms with Crippen LogP contribution >= 0.6 is 23.1 Å². The molecule has 0 saturated heterocycles. The minimum Gasteiger partial charge on any atom is -0.316 e. The Kier molecular flexibility index (Phi) is 5.28. The number of nitrogens with one attached hydrogen (secondary N) is 1. The van der Waals surface area contributed by atoms with Gasteiger partial charge in [0.05, 0.1) is 10.7 Å². The molecular formula is C12H22N2S2. The second-order valence-electron chi connectivity index (χ2n) is 4.97. The summed E-state index contributed by atoms with van der Waals surface area (Å²) in [5, 5.41) is 6.70. The maximum Gasteiger partial charge on any atom is 0.0897 e. The van der Waals surface area contributed by atoms with Crippen molar-refractivity contribution < 1.29 is 0 Å². The van der Waals surface area contributed by atoms with Crippen LogP contribution in [-0.4, -0.2) is 28.6 Å². The van der Waals surface area contributed by atoms with Crippen molar-refractivity contribution in [3.8, 4) is 0 Å². The minimum atomic E-state index is 0.340. The molecule has 1 aromatic rings. The topological polar surface area (TPSA) is 24.9 Å². The molecule has 1 N–H and O–H groups in total. The molecule has 1 unspecified atom stereocenters. The second-order valence-corrected chi connectivity index (χ2v) is 7.88. The molecule has 1 aromatic heterocycles. The van der Waals surface area contributed by atoms with Gasteiger partial charge in [-0.3, -0.25) is 0 Å². The molecule has 0 radical (unpaired) electrons. The maximum atomic E-state index is 4.51. The third kappa shape index (κ3) is 5.32. The first-order valence-corrected chi connectivity index (χ1v) is 7.49. The molecule has 92 valence electrons. The average Bonchev–Trinajstić information content (AvgIpc) is 2.57. The molecule has 0 aromatic carbocycles. The summed E-state index contributed by atoms with van der Waals surface area (Å²) in [7, 11) is 2.03. The molecule has 1 heterocycles. The number of thiazole rings is 1. The molecule has 0 amide bonds. The fourth-order valence-corrected chi connectivity index (χ4v) is 2.96. The van der Waals surface area contributed by atoms with E-state index in [0.29, 0.717) is 10.8 Å². The normalized spacial score (nSPS) is 14.1. The van der Waals surface area contributed by atoms with Gasteiger partial charge in [-0.25, -0.2) is 4.98 Å². The Balaban J connectivity index is 2.43. The van der Waals surface area contributed by atoms with E-state index in [1.54, 1.807) is 11.3 Å². The molecule has 0 spiro atoms. The van der Waals surface area contributed by atoms with E-state index in [0.717, 1.165) is 17.2 Å². The van der Waals surface area contributed by atoms with E-state index in [1.165, 1.54) is 5.69 Å². The van der Waals surface area contributed by atoms with E-state index in [1.807, 2.05) is 18.8 Å². The van der Waals surface area contributed by atoms with Crippen molar-refractivity contribution in [2.45, 2.75) is 44.9 Å². The van der Waals surface area contributed by atoms with Crippen molar-refractivity contribution in [3.05, 3.63) is 16.1 Å². The van der Waals surface area contributed by atoms with Gasteiger partial charge >= 0.3 is 0 Å². The van der Waals surface area contributed by atoms with Crippen LogP contribution in [0.2, 0.25) is 0 Å².